The molecule has 0 radical (unpaired) electrons. The largest absolute Gasteiger partial charge is 0.497 e. The topological polar surface area (TPSA) is 107 Å². The van der Waals surface area contributed by atoms with Crippen LogP contribution in [0.15, 0.2) is 53.7 Å². The number of ether oxygens (including phenoxy) is 2. The van der Waals surface area contributed by atoms with Crippen LogP contribution in [0.25, 0.3) is 17.1 Å². The van der Waals surface area contributed by atoms with Gasteiger partial charge in [0.25, 0.3) is 0 Å². The van der Waals surface area contributed by atoms with E-state index in [4.69, 9.17) is 9.47 Å². The molecular weight excluding hydrogens is 454 g/mol. The molecule has 0 aliphatic carbocycles. The minimum atomic E-state index is -0.496. The molecule has 10 heteroatoms. The number of hydrogen-bond acceptors (Lipinski definition) is 7. The molecule has 0 spiro atoms. The highest BCUT2D eigenvalue weighted by molar-refractivity contribution is 7.99. The average Bonchev–Trinajstić information content (AvgIpc) is 3.27. The Bertz CT molecular complexity index is 1100. The Morgan fingerprint density at radius 1 is 1.06 bits per heavy atom. The predicted molar refractivity (Wildman–Crippen MR) is 132 cm³/mol. The second-order valence-corrected chi connectivity index (χ2v) is 8.19. The van der Waals surface area contributed by atoms with Crippen LogP contribution >= 0.6 is 11.8 Å². The molecule has 34 heavy (non-hydrogen) atoms. The van der Waals surface area contributed by atoms with E-state index < -0.39 is 11.9 Å². The Hall–Kier alpha value is -3.53. The normalized spacial score (nSPS) is 10.6. The first-order valence-corrected chi connectivity index (χ1v) is 12.1. The monoisotopic (exact) mass is 483 g/mol. The molecule has 180 valence electrons. The van der Waals surface area contributed by atoms with Gasteiger partial charge in [-0.1, -0.05) is 37.2 Å². The zero-order valence-corrected chi connectivity index (χ0v) is 20.4. The second-order valence-electron chi connectivity index (χ2n) is 7.25. The van der Waals surface area contributed by atoms with Gasteiger partial charge >= 0.3 is 6.03 Å². The first kappa shape index (κ1) is 25.1. The smallest absolute Gasteiger partial charge is 0.321 e. The van der Waals surface area contributed by atoms with E-state index in [1.54, 1.807) is 7.11 Å². The molecule has 3 aromatic rings. The zero-order valence-electron chi connectivity index (χ0n) is 19.5. The number of nitrogens with zero attached hydrogens (tertiary/aromatic N) is 3. The molecule has 0 atom stereocenters. The molecule has 2 aromatic carbocycles. The lowest BCUT2D eigenvalue weighted by atomic mass is 10.2. The summed E-state index contributed by atoms with van der Waals surface area (Å²) in [5.41, 5.74) is 1.62. The van der Waals surface area contributed by atoms with Crippen molar-refractivity contribution in [3.05, 3.63) is 48.5 Å². The highest BCUT2D eigenvalue weighted by Crippen LogP contribution is 2.30. The molecule has 0 aliphatic rings. The van der Waals surface area contributed by atoms with Crippen LogP contribution < -0.4 is 20.1 Å². The third-order valence-electron chi connectivity index (χ3n) is 4.77. The maximum Gasteiger partial charge on any atom is 0.321 e. The number of carbonyl (C=O) groups excluding carboxylic acids is 2. The Morgan fingerprint density at radius 2 is 1.85 bits per heavy atom. The van der Waals surface area contributed by atoms with Gasteiger partial charge in [-0.15, -0.1) is 10.2 Å². The van der Waals surface area contributed by atoms with Crippen LogP contribution in [0.4, 0.5) is 4.79 Å². The highest BCUT2D eigenvalue weighted by atomic mass is 32.2. The van der Waals surface area contributed by atoms with Crippen molar-refractivity contribution in [1.82, 2.24) is 25.4 Å². The van der Waals surface area contributed by atoms with E-state index >= 15 is 0 Å². The molecule has 0 aliphatic heterocycles. The lowest BCUT2D eigenvalue weighted by Crippen LogP contribution is -2.40. The summed E-state index contributed by atoms with van der Waals surface area (Å²) in [5.74, 6) is 1.65. The van der Waals surface area contributed by atoms with Gasteiger partial charge < -0.3 is 14.8 Å². The van der Waals surface area contributed by atoms with Gasteiger partial charge in [-0.05, 0) is 49.7 Å². The van der Waals surface area contributed by atoms with Crippen molar-refractivity contribution in [2.24, 2.45) is 0 Å². The van der Waals surface area contributed by atoms with Crippen molar-refractivity contribution >= 4 is 23.7 Å². The van der Waals surface area contributed by atoms with E-state index in [2.05, 4.69) is 20.8 Å². The number of aromatic nitrogens is 3. The summed E-state index contributed by atoms with van der Waals surface area (Å²) in [4.78, 5) is 24.2. The summed E-state index contributed by atoms with van der Waals surface area (Å²) in [7, 11) is 1.61. The maximum absolute atomic E-state index is 12.3. The number of imide groups is 1. The van der Waals surface area contributed by atoms with Crippen LogP contribution in [0.2, 0.25) is 0 Å². The first-order valence-electron chi connectivity index (χ1n) is 11.1. The van der Waals surface area contributed by atoms with Crippen LogP contribution in [-0.4, -0.2) is 52.7 Å². The fourth-order valence-corrected chi connectivity index (χ4v) is 3.87. The van der Waals surface area contributed by atoms with E-state index in [0.717, 1.165) is 29.8 Å². The summed E-state index contributed by atoms with van der Waals surface area (Å²) in [6, 6.07) is 14.6. The molecule has 1 heterocycles. The minimum absolute atomic E-state index is 0.00840. The molecular formula is C24H29N5O4S. The SMILES string of the molecule is CCCCNC(=O)NC(=O)CSc1nnc(-c2cccc(OC)c2)n1-c1ccc(OCC)cc1. The summed E-state index contributed by atoms with van der Waals surface area (Å²) in [6.07, 6.45) is 1.81. The van der Waals surface area contributed by atoms with Crippen molar-refractivity contribution in [3.8, 4) is 28.6 Å². The van der Waals surface area contributed by atoms with E-state index in [0.29, 0.717) is 29.9 Å². The fourth-order valence-electron chi connectivity index (χ4n) is 3.12. The number of benzene rings is 2. The standard InChI is InChI=1S/C24H29N5O4S/c1-4-6-14-25-23(31)26-21(30)16-34-24-28-27-22(17-8-7-9-20(15-17)32-3)29(24)18-10-12-19(13-11-18)33-5-2/h7-13,15H,4-6,14,16H2,1-3H3,(H2,25,26,30,31). The molecule has 0 saturated carbocycles. The van der Waals surface area contributed by atoms with E-state index in [-0.39, 0.29) is 5.75 Å². The van der Waals surface area contributed by atoms with Crippen LogP contribution in [0.3, 0.4) is 0 Å². The number of urea groups is 1. The Morgan fingerprint density at radius 3 is 2.56 bits per heavy atom. The molecule has 1 aromatic heterocycles. The van der Waals surface area contributed by atoms with Crippen molar-refractivity contribution < 1.29 is 19.1 Å². The third kappa shape index (κ3) is 6.74. The molecule has 0 fully saturated rings. The average molecular weight is 484 g/mol. The maximum atomic E-state index is 12.3. The van der Waals surface area contributed by atoms with Crippen LogP contribution in [0.1, 0.15) is 26.7 Å². The summed E-state index contributed by atoms with van der Waals surface area (Å²) in [5, 5.41) is 14.2. The lowest BCUT2D eigenvalue weighted by Gasteiger charge is -2.12. The summed E-state index contributed by atoms with van der Waals surface area (Å²) in [6.45, 7) is 5.06. The lowest BCUT2D eigenvalue weighted by molar-refractivity contribution is -0.117. The van der Waals surface area contributed by atoms with E-state index in [1.807, 2.05) is 66.9 Å². The van der Waals surface area contributed by atoms with Gasteiger partial charge in [0.15, 0.2) is 11.0 Å². The molecule has 0 unspecified atom stereocenters. The van der Waals surface area contributed by atoms with Crippen molar-refractivity contribution in [2.75, 3.05) is 26.0 Å². The second kappa shape index (κ2) is 12.6. The number of amides is 3. The number of hydrogen-bond donors (Lipinski definition) is 2. The Kier molecular flexibility index (Phi) is 9.33. The number of carbonyl (C=O) groups is 2. The minimum Gasteiger partial charge on any atom is -0.497 e. The van der Waals surface area contributed by atoms with Crippen LogP contribution in [-0.2, 0) is 4.79 Å². The van der Waals surface area contributed by atoms with Gasteiger partial charge in [0, 0.05) is 17.8 Å². The van der Waals surface area contributed by atoms with Crippen molar-refractivity contribution in [3.63, 3.8) is 0 Å². The first-order chi connectivity index (χ1) is 16.5. The van der Waals surface area contributed by atoms with Gasteiger partial charge in [-0.3, -0.25) is 14.7 Å². The summed E-state index contributed by atoms with van der Waals surface area (Å²) < 4.78 is 12.8. The van der Waals surface area contributed by atoms with E-state index in [9.17, 15) is 9.59 Å². The van der Waals surface area contributed by atoms with Gasteiger partial charge in [-0.25, -0.2) is 4.79 Å². The zero-order chi connectivity index (χ0) is 24.3. The van der Waals surface area contributed by atoms with Gasteiger partial charge in [0.1, 0.15) is 11.5 Å². The quantitative estimate of drug-likeness (QED) is 0.313. The van der Waals surface area contributed by atoms with E-state index in [1.165, 1.54) is 11.8 Å². The molecule has 2 N–H and O–H groups in total. The highest BCUT2D eigenvalue weighted by Gasteiger charge is 2.18. The fraction of sp³-hybridized carbons (Fsp3) is 0.333. The van der Waals surface area contributed by atoms with Crippen LogP contribution in [0.5, 0.6) is 11.5 Å². The van der Waals surface area contributed by atoms with Gasteiger partial charge in [0.05, 0.1) is 19.5 Å². The molecule has 3 amide bonds. The number of nitrogens with one attached hydrogen (secondary N) is 2. The Labute approximate surface area is 203 Å². The number of thioether (sulfide) groups is 1. The number of methoxy groups -OCH3 is 1. The van der Waals surface area contributed by atoms with Crippen molar-refractivity contribution in [2.45, 2.75) is 31.8 Å². The molecule has 0 saturated heterocycles. The van der Waals surface area contributed by atoms with Gasteiger partial charge in [0.2, 0.25) is 5.91 Å². The van der Waals surface area contributed by atoms with Gasteiger partial charge in [-0.2, -0.15) is 0 Å². The third-order valence-corrected chi connectivity index (χ3v) is 5.70. The molecule has 0 bridgehead atoms. The number of unbranched alkanes of at least 4 members (excludes halogenated alkanes) is 1. The van der Waals surface area contributed by atoms with Crippen LogP contribution in [0, 0.1) is 0 Å². The Balaban J connectivity index is 1.83. The predicted octanol–water partition coefficient (Wildman–Crippen LogP) is 4.06. The summed E-state index contributed by atoms with van der Waals surface area (Å²) >= 11 is 1.20. The molecule has 9 nitrogen and oxygen atoms in total. The number of rotatable bonds is 11. The molecule has 3 rings (SSSR count). The van der Waals surface area contributed by atoms with Crippen molar-refractivity contribution in [1.29, 1.82) is 0 Å².